The van der Waals surface area contributed by atoms with Crippen molar-refractivity contribution in [3.05, 3.63) is 66.0 Å². The Hall–Kier alpha value is -2.21. The summed E-state index contributed by atoms with van der Waals surface area (Å²) in [5.41, 5.74) is 3.82. The number of H-pyrrole nitrogens is 1. The van der Waals surface area contributed by atoms with Gasteiger partial charge >= 0.3 is 0 Å². The molecule has 4 aliphatic heterocycles. The van der Waals surface area contributed by atoms with Gasteiger partial charge in [-0.15, -0.1) is 0 Å². The van der Waals surface area contributed by atoms with E-state index in [1.807, 2.05) is 0 Å². The van der Waals surface area contributed by atoms with Crippen LogP contribution in [0, 0.1) is 5.92 Å². The van der Waals surface area contributed by atoms with Gasteiger partial charge in [0.1, 0.15) is 5.82 Å². The predicted molar refractivity (Wildman–Crippen MR) is 111 cm³/mol. The van der Waals surface area contributed by atoms with E-state index in [1.54, 1.807) is 0 Å². The Morgan fingerprint density at radius 3 is 2.43 bits per heavy atom. The van der Waals surface area contributed by atoms with Gasteiger partial charge in [-0.05, 0) is 17.7 Å². The number of para-hydroxylation sites is 2. The van der Waals surface area contributed by atoms with Gasteiger partial charge in [0, 0.05) is 56.6 Å². The van der Waals surface area contributed by atoms with Crippen molar-refractivity contribution in [2.45, 2.75) is 18.0 Å². The third kappa shape index (κ3) is 2.61. The molecule has 0 spiro atoms. The number of hydrogen-bond acceptors (Lipinski definition) is 4. The fourth-order valence-electron chi connectivity index (χ4n) is 5.97. The van der Waals surface area contributed by atoms with Gasteiger partial charge in [-0.1, -0.05) is 42.5 Å². The molecule has 4 saturated heterocycles. The summed E-state index contributed by atoms with van der Waals surface area (Å²) in [7, 11) is 0. The minimum absolute atomic E-state index is 0.158. The monoisotopic (exact) mass is 373 g/mol. The molecule has 4 fully saturated rings. The predicted octanol–water partition coefficient (Wildman–Crippen LogP) is 2.22. The summed E-state index contributed by atoms with van der Waals surface area (Å²) in [6.07, 6.45) is 0. The SMILES string of the molecule is c1ccc(C23CN4CCN(CC(C4)C2NCc2nc4ccccc4[nH]2)C3)cc1. The number of nitrogens with zero attached hydrogens (tertiary/aromatic N) is 3. The van der Waals surface area contributed by atoms with Gasteiger partial charge in [0.25, 0.3) is 0 Å². The molecule has 28 heavy (non-hydrogen) atoms. The van der Waals surface area contributed by atoms with Gasteiger partial charge in [0.2, 0.25) is 0 Å². The number of imidazole rings is 1. The molecule has 144 valence electrons. The first-order valence-corrected chi connectivity index (χ1v) is 10.5. The maximum absolute atomic E-state index is 4.79. The number of aromatic amines is 1. The maximum atomic E-state index is 4.79. The van der Waals surface area contributed by atoms with Crippen LogP contribution in [0.1, 0.15) is 11.4 Å². The first kappa shape index (κ1) is 16.7. The van der Waals surface area contributed by atoms with E-state index >= 15 is 0 Å². The smallest absolute Gasteiger partial charge is 0.121 e. The largest absolute Gasteiger partial charge is 0.341 e. The molecular formula is C23H27N5. The van der Waals surface area contributed by atoms with Crippen molar-refractivity contribution in [2.75, 3.05) is 39.3 Å². The molecule has 2 aromatic carbocycles. The number of hydrogen-bond donors (Lipinski definition) is 2. The van der Waals surface area contributed by atoms with Crippen molar-refractivity contribution in [2.24, 2.45) is 5.92 Å². The summed E-state index contributed by atoms with van der Waals surface area (Å²) in [6.45, 7) is 7.95. The van der Waals surface area contributed by atoms with Crippen molar-refractivity contribution in [3.63, 3.8) is 0 Å². The van der Waals surface area contributed by atoms with Gasteiger partial charge in [0.05, 0.1) is 17.6 Å². The van der Waals surface area contributed by atoms with Crippen molar-refractivity contribution < 1.29 is 0 Å². The molecule has 3 aromatic rings. The minimum Gasteiger partial charge on any atom is -0.341 e. The van der Waals surface area contributed by atoms with Crippen LogP contribution in [0.3, 0.4) is 0 Å². The summed E-state index contributed by atoms with van der Waals surface area (Å²) in [4.78, 5) is 13.7. The zero-order chi connectivity index (χ0) is 18.6. The van der Waals surface area contributed by atoms with Crippen LogP contribution in [-0.2, 0) is 12.0 Å². The molecule has 3 atom stereocenters. The third-order valence-electron chi connectivity index (χ3n) is 7.07. The van der Waals surface area contributed by atoms with Gasteiger partial charge in [0.15, 0.2) is 0 Å². The molecular weight excluding hydrogens is 346 g/mol. The summed E-state index contributed by atoms with van der Waals surface area (Å²) >= 11 is 0. The second-order valence-electron chi connectivity index (χ2n) is 8.81. The Labute approximate surface area is 165 Å². The second kappa shape index (κ2) is 6.41. The van der Waals surface area contributed by atoms with E-state index in [1.165, 1.54) is 31.7 Å². The number of piperidine rings is 2. The normalized spacial score (nSPS) is 34.0. The van der Waals surface area contributed by atoms with Crippen molar-refractivity contribution in [1.29, 1.82) is 0 Å². The summed E-state index contributed by atoms with van der Waals surface area (Å²) < 4.78 is 0. The molecule has 0 amide bonds. The van der Waals surface area contributed by atoms with Gasteiger partial charge in [-0.3, -0.25) is 0 Å². The minimum atomic E-state index is 0.158. The first-order chi connectivity index (χ1) is 13.8. The maximum Gasteiger partial charge on any atom is 0.121 e. The molecule has 4 bridgehead atoms. The lowest BCUT2D eigenvalue weighted by Crippen LogP contribution is -2.69. The van der Waals surface area contributed by atoms with E-state index in [0.29, 0.717) is 12.0 Å². The molecule has 5 nitrogen and oxygen atoms in total. The van der Waals surface area contributed by atoms with Gasteiger partial charge in [-0.2, -0.15) is 0 Å². The summed E-state index contributed by atoms with van der Waals surface area (Å²) in [5.74, 6) is 1.70. The molecule has 1 aromatic heterocycles. The third-order valence-corrected chi connectivity index (χ3v) is 7.07. The highest BCUT2D eigenvalue weighted by Gasteiger charge is 2.54. The van der Waals surface area contributed by atoms with Crippen molar-refractivity contribution in [1.82, 2.24) is 25.1 Å². The quantitative estimate of drug-likeness (QED) is 0.736. The summed E-state index contributed by atoms with van der Waals surface area (Å²) in [6, 6.07) is 20.0. The van der Waals surface area contributed by atoms with E-state index < -0.39 is 0 Å². The lowest BCUT2D eigenvalue weighted by molar-refractivity contribution is 0.0172. The second-order valence-corrected chi connectivity index (χ2v) is 8.81. The molecule has 4 aliphatic rings. The van der Waals surface area contributed by atoms with Crippen LogP contribution in [0.5, 0.6) is 0 Å². The van der Waals surface area contributed by atoms with E-state index in [9.17, 15) is 0 Å². The van der Waals surface area contributed by atoms with E-state index in [0.717, 1.165) is 36.5 Å². The van der Waals surface area contributed by atoms with Crippen molar-refractivity contribution in [3.8, 4) is 0 Å². The van der Waals surface area contributed by atoms with Crippen LogP contribution >= 0.6 is 0 Å². The van der Waals surface area contributed by atoms with E-state index in [2.05, 4.69) is 74.7 Å². The molecule has 7 rings (SSSR count). The average molecular weight is 374 g/mol. The topological polar surface area (TPSA) is 47.2 Å². The number of benzene rings is 2. The Bertz CT molecular complexity index is 932. The Morgan fingerprint density at radius 2 is 1.68 bits per heavy atom. The fraction of sp³-hybridized carbons (Fsp3) is 0.435. The molecule has 2 N–H and O–H groups in total. The van der Waals surface area contributed by atoms with Gasteiger partial charge < -0.3 is 20.1 Å². The van der Waals surface area contributed by atoms with Crippen LogP contribution < -0.4 is 5.32 Å². The Balaban J connectivity index is 1.34. The first-order valence-electron chi connectivity index (χ1n) is 10.5. The highest BCUT2D eigenvalue weighted by atomic mass is 15.3. The Kier molecular flexibility index (Phi) is 3.83. The van der Waals surface area contributed by atoms with Crippen LogP contribution in [0.25, 0.3) is 11.0 Å². The molecule has 5 heteroatoms. The highest BCUT2D eigenvalue weighted by Crippen LogP contribution is 2.43. The lowest BCUT2D eigenvalue weighted by atomic mass is 9.64. The van der Waals surface area contributed by atoms with Gasteiger partial charge in [-0.25, -0.2) is 4.98 Å². The van der Waals surface area contributed by atoms with Crippen LogP contribution in [0.4, 0.5) is 0 Å². The Morgan fingerprint density at radius 1 is 0.964 bits per heavy atom. The molecule has 0 radical (unpaired) electrons. The number of rotatable bonds is 4. The van der Waals surface area contributed by atoms with Crippen LogP contribution in [0.2, 0.25) is 0 Å². The average Bonchev–Trinajstić information content (AvgIpc) is 2.99. The number of fused-ring (bicyclic) bond motifs is 2. The number of nitrogens with one attached hydrogen (secondary N) is 2. The summed E-state index contributed by atoms with van der Waals surface area (Å²) in [5, 5.41) is 3.96. The van der Waals surface area contributed by atoms with E-state index in [-0.39, 0.29) is 5.41 Å². The molecule has 3 unspecified atom stereocenters. The molecule has 0 saturated carbocycles. The lowest BCUT2D eigenvalue weighted by Gasteiger charge is -2.56. The molecule has 5 heterocycles. The standard InChI is InChI=1S/C23H27N5/c1-2-6-18(7-3-1)23-15-27-10-11-28(16-23)14-17(13-27)22(23)24-12-21-25-19-8-4-5-9-20(19)26-21/h1-9,17,22,24H,10-16H2,(H,25,26). The number of aromatic nitrogens is 2. The zero-order valence-corrected chi connectivity index (χ0v) is 16.1. The fourth-order valence-corrected chi connectivity index (χ4v) is 5.97. The zero-order valence-electron chi connectivity index (χ0n) is 16.1. The van der Waals surface area contributed by atoms with Crippen LogP contribution in [0.15, 0.2) is 54.6 Å². The molecule has 0 aliphatic carbocycles. The highest BCUT2D eigenvalue weighted by molar-refractivity contribution is 5.74. The van der Waals surface area contributed by atoms with Crippen LogP contribution in [-0.4, -0.2) is 65.1 Å². The van der Waals surface area contributed by atoms with Crippen molar-refractivity contribution >= 4 is 11.0 Å². The van der Waals surface area contributed by atoms with E-state index in [4.69, 9.17) is 4.98 Å².